The molecule has 0 spiro atoms. The van der Waals surface area contributed by atoms with E-state index in [9.17, 15) is 4.39 Å². The minimum absolute atomic E-state index is 0.245. The van der Waals surface area contributed by atoms with Gasteiger partial charge in [0.2, 0.25) is 0 Å². The summed E-state index contributed by atoms with van der Waals surface area (Å²) in [5, 5.41) is 3.52. The highest BCUT2D eigenvalue weighted by molar-refractivity contribution is 5.75. The smallest absolute Gasteiger partial charge is 0.151 e. The summed E-state index contributed by atoms with van der Waals surface area (Å²) in [5.74, 6) is 0.647. The summed E-state index contributed by atoms with van der Waals surface area (Å²) < 4.78 is 13.5. The molecule has 0 saturated carbocycles. The van der Waals surface area contributed by atoms with Gasteiger partial charge in [0.1, 0.15) is 11.3 Å². The molecule has 0 bridgehead atoms. The zero-order valence-corrected chi connectivity index (χ0v) is 10.4. The molecule has 1 aromatic heterocycles. The molecule has 4 heteroatoms. The van der Waals surface area contributed by atoms with Gasteiger partial charge in [-0.15, -0.1) is 0 Å². The number of halogens is 1. The molecule has 96 valence electrons. The molecular formula is C14H18FN3. The molecule has 2 heterocycles. The minimum Gasteiger partial charge on any atom is -0.342 e. The highest BCUT2D eigenvalue weighted by Gasteiger charge is 2.13. The summed E-state index contributed by atoms with van der Waals surface area (Å²) in [6, 6.07) is 5.63. The molecule has 1 aromatic carbocycles. The van der Waals surface area contributed by atoms with E-state index >= 15 is 0 Å². The van der Waals surface area contributed by atoms with E-state index < -0.39 is 0 Å². The van der Waals surface area contributed by atoms with E-state index in [2.05, 4.69) is 15.3 Å². The number of aromatic nitrogens is 2. The SMILES string of the molecule is Fc1cccc2[nH]c(CCC3CCCCN3)nc12. The first-order valence-corrected chi connectivity index (χ1v) is 6.69. The Morgan fingerprint density at radius 3 is 3.06 bits per heavy atom. The number of piperidine rings is 1. The van der Waals surface area contributed by atoms with Gasteiger partial charge in [-0.25, -0.2) is 9.37 Å². The number of imidazole rings is 1. The Morgan fingerprint density at radius 1 is 1.33 bits per heavy atom. The first kappa shape index (κ1) is 11.7. The number of aryl methyl sites for hydroxylation is 1. The minimum atomic E-state index is -0.245. The number of nitrogens with one attached hydrogen (secondary N) is 2. The van der Waals surface area contributed by atoms with Crippen molar-refractivity contribution >= 4 is 11.0 Å². The monoisotopic (exact) mass is 247 g/mol. The largest absolute Gasteiger partial charge is 0.342 e. The average Bonchev–Trinajstić information content (AvgIpc) is 2.82. The molecule has 3 rings (SSSR count). The standard InChI is InChI=1S/C14H18FN3/c15-11-5-3-6-12-14(11)18-13(17-12)8-7-10-4-1-2-9-16-10/h3,5-6,10,16H,1-2,4,7-9H2,(H,17,18). The number of hydrogen-bond acceptors (Lipinski definition) is 2. The highest BCUT2D eigenvalue weighted by atomic mass is 19.1. The number of para-hydroxylation sites is 1. The predicted octanol–water partition coefficient (Wildman–Crippen LogP) is 2.78. The van der Waals surface area contributed by atoms with Crippen LogP contribution in [-0.4, -0.2) is 22.6 Å². The maximum Gasteiger partial charge on any atom is 0.151 e. The van der Waals surface area contributed by atoms with E-state index in [-0.39, 0.29) is 5.82 Å². The number of hydrogen-bond donors (Lipinski definition) is 2. The van der Waals surface area contributed by atoms with Crippen molar-refractivity contribution in [2.45, 2.75) is 38.1 Å². The second-order valence-electron chi connectivity index (χ2n) is 5.01. The summed E-state index contributed by atoms with van der Waals surface area (Å²) in [6.07, 6.45) is 5.79. The van der Waals surface area contributed by atoms with Crippen molar-refractivity contribution in [1.29, 1.82) is 0 Å². The van der Waals surface area contributed by atoms with Crippen molar-refractivity contribution < 1.29 is 4.39 Å². The molecule has 0 radical (unpaired) electrons. The molecule has 3 nitrogen and oxygen atoms in total. The van der Waals surface area contributed by atoms with Gasteiger partial charge < -0.3 is 10.3 Å². The van der Waals surface area contributed by atoms with Gasteiger partial charge in [0.25, 0.3) is 0 Å². The van der Waals surface area contributed by atoms with Crippen molar-refractivity contribution in [2.24, 2.45) is 0 Å². The lowest BCUT2D eigenvalue weighted by atomic mass is 10.0. The van der Waals surface area contributed by atoms with Crippen molar-refractivity contribution in [3.05, 3.63) is 29.8 Å². The molecule has 0 amide bonds. The van der Waals surface area contributed by atoms with Crippen LogP contribution in [0.15, 0.2) is 18.2 Å². The van der Waals surface area contributed by atoms with Crippen LogP contribution in [0.5, 0.6) is 0 Å². The van der Waals surface area contributed by atoms with Crippen LogP contribution in [0.2, 0.25) is 0 Å². The van der Waals surface area contributed by atoms with E-state index in [1.807, 2.05) is 6.07 Å². The first-order valence-electron chi connectivity index (χ1n) is 6.69. The lowest BCUT2D eigenvalue weighted by Crippen LogP contribution is -2.34. The van der Waals surface area contributed by atoms with Gasteiger partial charge in [0.15, 0.2) is 5.82 Å². The van der Waals surface area contributed by atoms with Crippen molar-refractivity contribution in [3.63, 3.8) is 0 Å². The number of benzene rings is 1. The maximum absolute atomic E-state index is 13.5. The van der Waals surface area contributed by atoms with Gasteiger partial charge in [0, 0.05) is 12.5 Å². The molecule has 1 aliphatic rings. The number of fused-ring (bicyclic) bond motifs is 1. The van der Waals surface area contributed by atoms with Crippen LogP contribution in [0.3, 0.4) is 0 Å². The van der Waals surface area contributed by atoms with Gasteiger partial charge in [-0.2, -0.15) is 0 Å². The third kappa shape index (κ3) is 2.38. The van der Waals surface area contributed by atoms with E-state index in [0.717, 1.165) is 30.7 Å². The summed E-state index contributed by atoms with van der Waals surface area (Å²) in [7, 11) is 0. The third-order valence-electron chi connectivity index (χ3n) is 3.65. The van der Waals surface area contributed by atoms with Gasteiger partial charge >= 0.3 is 0 Å². The molecule has 1 atom stereocenters. The van der Waals surface area contributed by atoms with Crippen LogP contribution in [0.25, 0.3) is 11.0 Å². The lowest BCUT2D eigenvalue weighted by molar-refractivity contribution is 0.381. The normalized spacial score (nSPS) is 20.4. The summed E-state index contributed by atoms with van der Waals surface area (Å²) in [4.78, 5) is 7.54. The Morgan fingerprint density at radius 2 is 2.28 bits per heavy atom. The molecule has 2 aromatic rings. The summed E-state index contributed by atoms with van der Waals surface area (Å²) in [6.45, 7) is 1.12. The molecule has 18 heavy (non-hydrogen) atoms. The summed E-state index contributed by atoms with van der Waals surface area (Å²) in [5.41, 5.74) is 1.26. The van der Waals surface area contributed by atoms with E-state index in [1.54, 1.807) is 6.07 Å². The van der Waals surface area contributed by atoms with Crippen LogP contribution in [0.1, 0.15) is 31.5 Å². The second kappa shape index (κ2) is 5.06. The fraction of sp³-hybridized carbons (Fsp3) is 0.500. The zero-order chi connectivity index (χ0) is 12.4. The van der Waals surface area contributed by atoms with Gasteiger partial charge in [-0.1, -0.05) is 12.5 Å². The molecule has 2 N–H and O–H groups in total. The van der Waals surface area contributed by atoms with Crippen LogP contribution >= 0.6 is 0 Å². The second-order valence-corrected chi connectivity index (χ2v) is 5.01. The Labute approximate surface area is 106 Å². The van der Waals surface area contributed by atoms with Gasteiger partial charge in [0.05, 0.1) is 5.52 Å². The van der Waals surface area contributed by atoms with Crippen molar-refractivity contribution in [3.8, 4) is 0 Å². The van der Waals surface area contributed by atoms with Crippen LogP contribution in [0.4, 0.5) is 4.39 Å². The molecule has 1 unspecified atom stereocenters. The van der Waals surface area contributed by atoms with Gasteiger partial charge in [-0.3, -0.25) is 0 Å². The Hall–Kier alpha value is -1.42. The maximum atomic E-state index is 13.5. The zero-order valence-electron chi connectivity index (χ0n) is 10.4. The fourth-order valence-electron chi connectivity index (χ4n) is 2.65. The quantitative estimate of drug-likeness (QED) is 0.875. The number of aromatic amines is 1. The van der Waals surface area contributed by atoms with Gasteiger partial charge in [-0.05, 0) is 37.9 Å². The Bertz CT molecular complexity index is 529. The number of rotatable bonds is 3. The predicted molar refractivity (Wildman–Crippen MR) is 70.0 cm³/mol. The van der Waals surface area contributed by atoms with Crippen molar-refractivity contribution in [1.82, 2.24) is 15.3 Å². The van der Waals surface area contributed by atoms with Crippen LogP contribution in [0, 0.1) is 5.82 Å². The summed E-state index contributed by atoms with van der Waals surface area (Å²) >= 11 is 0. The third-order valence-corrected chi connectivity index (χ3v) is 3.65. The molecule has 1 saturated heterocycles. The first-order chi connectivity index (χ1) is 8.83. The average molecular weight is 247 g/mol. The highest BCUT2D eigenvalue weighted by Crippen LogP contribution is 2.17. The topological polar surface area (TPSA) is 40.7 Å². The molecule has 1 aliphatic heterocycles. The van der Waals surface area contributed by atoms with E-state index in [0.29, 0.717) is 11.6 Å². The van der Waals surface area contributed by atoms with Crippen LogP contribution in [-0.2, 0) is 6.42 Å². The molecular weight excluding hydrogens is 229 g/mol. The van der Waals surface area contributed by atoms with Crippen LogP contribution < -0.4 is 5.32 Å². The van der Waals surface area contributed by atoms with E-state index in [1.165, 1.54) is 25.3 Å². The lowest BCUT2D eigenvalue weighted by Gasteiger charge is -2.22. The number of nitrogens with zero attached hydrogens (tertiary/aromatic N) is 1. The molecule has 1 fully saturated rings. The fourth-order valence-corrected chi connectivity index (χ4v) is 2.65. The van der Waals surface area contributed by atoms with E-state index in [4.69, 9.17) is 0 Å². The molecule has 0 aliphatic carbocycles. The van der Waals surface area contributed by atoms with Crippen molar-refractivity contribution in [2.75, 3.05) is 6.54 Å². The Kier molecular flexibility index (Phi) is 3.28. The Balaban J connectivity index is 1.69. The number of H-pyrrole nitrogens is 1.